The van der Waals surface area contributed by atoms with E-state index in [4.69, 9.17) is 0 Å². The quantitative estimate of drug-likeness (QED) is 0.867. The third-order valence-electron chi connectivity index (χ3n) is 3.72. The van der Waals surface area contributed by atoms with Crippen LogP contribution in [0.25, 0.3) is 0 Å². The fraction of sp³-hybridized carbons (Fsp3) is 0.643. The lowest BCUT2D eigenvalue weighted by molar-refractivity contribution is 0.278. The first-order valence-corrected chi connectivity index (χ1v) is 6.60. The molecule has 17 heavy (non-hydrogen) atoms. The van der Waals surface area contributed by atoms with Gasteiger partial charge in [-0.05, 0) is 30.4 Å². The number of pyridine rings is 1. The maximum Gasteiger partial charge on any atom is 0.141 e. The summed E-state index contributed by atoms with van der Waals surface area (Å²) in [6.45, 7) is 3.00. The molecule has 94 valence electrons. The zero-order valence-electron chi connectivity index (χ0n) is 10.5. The second kappa shape index (κ2) is 6.10. The minimum atomic E-state index is -0.251. The molecule has 1 aliphatic rings. The fourth-order valence-electron chi connectivity index (χ4n) is 2.66. The highest BCUT2D eigenvalue weighted by molar-refractivity contribution is 5.09. The van der Waals surface area contributed by atoms with E-state index < -0.39 is 0 Å². The Morgan fingerprint density at radius 2 is 2.29 bits per heavy atom. The average Bonchev–Trinajstić information content (AvgIpc) is 2.37. The van der Waals surface area contributed by atoms with Crippen molar-refractivity contribution in [2.24, 2.45) is 5.92 Å². The predicted molar refractivity (Wildman–Crippen MR) is 67.1 cm³/mol. The van der Waals surface area contributed by atoms with Crippen LogP contribution in [0.3, 0.4) is 0 Å². The molecule has 2 unspecified atom stereocenters. The van der Waals surface area contributed by atoms with E-state index in [1.807, 2.05) is 0 Å². The lowest BCUT2D eigenvalue weighted by Gasteiger charge is -2.29. The molecule has 0 amide bonds. The maximum absolute atomic E-state index is 13.0. The molecule has 0 spiro atoms. The number of nitrogens with one attached hydrogen (secondary N) is 1. The van der Waals surface area contributed by atoms with Crippen molar-refractivity contribution < 1.29 is 4.39 Å². The Labute approximate surface area is 103 Å². The summed E-state index contributed by atoms with van der Waals surface area (Å²) in [4.78, 5) is 3.86. The van der Waals surface area contributed by atoms with E-state index in [1.165, 1.54) is 38.3 Å². The van der Waals surface area contributed by atoms with Gasteiger partial charge in [-0.2, -0.15) is 0 Å². The second-order valence-corrected chi connectivity index (χ2v) is 5.03. The topological polar surface area (TPSA) is 24.9 Å². The predicted octanol–water partition coefficient (Wildman–Crippen LogP) is 3.28. The summed E-state index contributed by atoms with van der Waals surface area (Å²) < 4.78 is 13.0. The smallest absolute Gasteiger partial charge is 0.141 e. The Morgan fingerprint density at radius 1 is 1.41 bits per heavy atom. The minimum absolute atomic E-state index is 0.251. The minimum Gasteiger partial charge on any atom is -0.310 e. The van der Waals surface area contributed by atoms with Gasteiger partial charge in [0.2, 0.25) is 0 Å². The average molecular weight is 236 g/mol. The summed E-state index contributed by atoms with van der Waals surface area (Å²) in [5, 5.41) is 3.52. The molecule has 2 rings (SSSR count). The van der Waals surface area contributed by atoms with Crippen LogP contribution < -0.4 is 5.32 Å². The van der Waals surface area contributed by atoms with E-state index in [1.54, 1.807) is 12.3 Å². The van der Waals surface area contributed by atoms with Crippen LogP contribution >= 0.6 is 0 Å². The number of nitrogens with zero attached hydrogens (tertiary/aromatic N) is 1. The summed E-state index contributed by atoms with van der Waals surface area (Å²) in [7, 11) is 0. The van der Waals surface area contributed by atoms with Crippen molar-refractivity contribution in [2.75, 3.05) is 0 Å². The van der Waals surface area contributed by atoms with Gasteiger partial charge in [-0.1, -0.05) is 26.2 Å². The number of hydrogen-bond donors (Lipinski definition) is 1. The van der Waals surface area contributed by atoms with Gasteiger partial charge in [-0.25, -0.2) is 4.39 Å². The standard InChI is InChI=1S/C14H21FN2/c1-2-11-4-3-5-14(7-11)17-9-12-6-13(15)10-16-8-12/h6,8,10-11,14,17H,2-5,7,9H2,1H3. The molecule has 1 N–H and O–H groups in total. The van der Waals surface area contributed by atoms with Crippen LogP contribution in [-0.2, 0) is 6.54 Å². The summed E-state index contributed by atoms with van der Waals surface area (Å²) >= 11 is 0. The van der Waals surface area contributed by atoms with Crippen molar-refractivity contribution in [1.82, 2.24) is 10.3 Å². The zero-order chi connectivity index (χ0) is 12.1. The van der Waals surface area contributed by atoms with E-state index in [2.05, 4.69) is 17.2 Å². The van der Waals surface area contributed by atoms with Crippen molar-refractivity contribution in [2.45, 2.75) is 51.6 Å². The molecule has 1 aromatic heterocycles. The van der Waals surface area contributed by atoms with E-state index >= 15 is 0 Å². The zero-order valence-corrected chi connectivity index (χ0v) is 10.5. The number of aromatic nitrogens is 1. The SMILES string of the molecule is CCC1CCCC(NCc2cncc(F)c2)C1. The summed E-state index contributed by atoms with van der Waals surface area (Å²) in [6.07, 6.45) is 9.46. The summed E-state index contributed by atoms with van der Waals surface area (Å²) in [5.74, 6) is 0.617. The van der Waals surface area contributed by atoms with Gasteiger partial charge >= 0.3 is 0 Å². The fourth-order valence-corrected chi connectivity index (χ4v) is 2.66. The van der Waals surface area contributed by atoms with Gasteiger partial charge in [-0.15, -0.1) is 0 Å². The molecule has 0 bridgehead atoms. The van der Waals surface area contributed by atoms with Gasteiger partial charge in [0.05, 0.1) is 6.20 Å². The van der Waals surface area contributed by atoms with Crippen LogP contribution in [-0.4, -0.2) is 11.0 Å². The lowest BCUT2D eigenvalue weighted by atomic mass is 9.84. The normalized spacial score (nSPS) is 24.8. The molecule has 1 saturated carbocycles. The third-order valence-corrected chi connectivity index (χ3v) is 3.72. The molecule has 2 atom stereocenters. The Morgan fingerprint density at radius 3 is 3.06 bits per heavy atom. The summed E-state index contributed by atoms with van der Waals surface area (Å²) in [5.41, 5.74) is 0.934. The second-order valence-electron chi connectivity index (χ2n) is 5.03. The summed E-state index contributed by atoms with van der Waals surface area (Å²) in [6, 6.07) is 2.15. The Bertz CT molecular complexity index is 354. The van der Waals surface area contributed by atoms with Gasteiger partial charge in [0.1, 0.15) is 5.82 Å². The molecule has 2 nitrogen and oxygen atoms in total. The highest BCUT2D eigenvalue weighted by Gasteiger charge is 2.19. The lowest BCUT2D eigenvalue weighted by Crippen LogP contribution is -2.33. The number of halogens is 1. The number of hydrogen-bond acceptors (Lipinski definition) is 2. The van der Waals surface area contributed by atoms with E-state index in [9.17, 15) is 4.39 Å². The Balaban J connectivity index is 1.81. The van der Waals surface area contributed by atoms with Gasteiger partial charge in [0.15, 0.2) is 0 Å². The molecule has 1 aromatic rings. The largest absolute Gasteiger partial charge is 0.310 e. The third kappa shape index (κ3) is 3.77. The van der Waals surface area contributed by atoms with Gasteiger partial charge in [0.25, 0.3) is 0 Å². The molecule has 3 heteroatoms. The molecule has 0 saturated heterocycles. The first-order valence-electron chi connectivity index (χ1n) is 6.60. The first-order chi connectivity index (χ1) is 8.28. The van der Waals surface area contributed by atoms with Crippen molar-refractivity contribution >= 4 is 0 Å². The molecule has 1 fully saturated rings. The van der Waals surface area contributed by atoms with Crippen LogP contribution in [0, 0.1) is 11.7 Å². The van der Waals surface area contributed by atoms with Crippen molar-refractivity contribution in [1.29, 1.82) is 0 Å². The van der Waals surface area contributed by atoms with E-state index in [-0.39, 0.29) is 5.82 Å². The van der Waals surface area contributed by atoms with Crippen LogP contribution in [0.4, 0.5) is 4.39 Å². The van der Waals surface area contributed by atoms with Crippen molar-refractivity contribution in [3.05, 3.63) is 29.8 Å². The van der Waals surface area contributed by atoms with Gasteiger partial charge in [0, 0.05) is 18.8 Å². The van der Waals surface area contributed by atoms with Crippen molar-refractivity contribution in [3.8, 4) is 0 Å². The van der Waals surface area contributed by atoms with E-state index in [0.717, 1.165) is 18.0 Å². The van der Waals surface area contributed by atoms with Crippen LogP contribution in [0.2, 0.25) is 0 Å². The molecular formula is C14H21FN2. The molecule has 0 aromatic carbocycles. The highest BCUT2D eigenvalue weighted by atomic mass is 19.1. The first kappa shape index (κ1) is 12.5. The monoisotopic (exact) mass is 236 g/mol. The Kier molecular flexibility index (Phi) is 4.49. The molecule has 1 heterocycles. The van der Waals surface area contributed by atoms with E-state index in [0.29, 0.717) is 6.04 Å². The maximum atomic E-state index is 13.0. The van der Waals surface area contributed by atoms with Crippen LogP contribution in [0.15, 0.2) is 18.5 Å². The molecule has 0 aliphatic heterocycles. The van der Waals surface area contributed by atoms with Crippen LogP contribution in [0.5, 0.6) is 0 Å². The van der Waals surface area contributed by atoms with Gasteiger partial charge in [-0.3, -0.25) is 4.98 Å². The van der Waals surface area contributed by atoms with Crippen molar-refractivity contribution in [3.63, 3.8) is 0 Å². The molecule has 1 aliphatic carbocycles. The van der Waals surface area contributed by atoms with Gasteiger partial charge < -0.3 is 5.32 Å². The number of rotatable bonds is 4. The Hall–Kier alpha value is -0.960. The molecular weight excluding hydrogens is 215 g/mol. The van der Waals surface area contributed by atoms with Crippen LogP contribution in [0.1, 0.15) is 44.6 Å². The highest BCUT2D eigenvalue weighted by Crippen LogP contribution is 2.26. The molecule has 0 radical (unpaired) electrons.